The van der Waals surface area contributed by atoms with Gasteiger partial charge in [0.1, 0.15) is 5.75 Å². The number of rotatable bonds is 4. The summed E-state index contributed by atoms with van der Waals surface area (Å²) in [5.41, 5.74) is 9.35. The van der Waals surface area contributed by atoms with Crippen LogP contribution in [0.15, 0.2) is 36.5 Å². The van der Waals surface area contributed by atoms with Gasteiger partial charge in [0.25, 0.3) is 0 Å². The number of fused-ring (bicyclic) bond motifs is 2. The zero-order chi connectivity index (χ0) is 20.8. The molecule has 2 aliphatic heterocycles. The SMILES string of the molecule is Cc1c(N)cnn1-c1ccc(-c2ccc(N(C)[C@H]3C[C@H]4CC[C@@H](C3)N4)nn2)c(O)c1. The molecule has 4 heterocycles. The van der Waals surface area contributed by atoms with Gasteiger partial charge in [0.15, 0.2) is 5.82 Å². The van der Waals surface area contributed by atoms with Gasteiger partial charge in [-0.15, -0.1) is 10.2 Å². The predicted molar refractivity (Wildman–Crippen MR) is 117 cm³/mol. The van der Waals surface area contributed by atoms with E-state index >= 15 is 0 Å². The predicted octanol–water partition coefficient (Wildman–Crippen LogP) is 2.64. The number of piperidine rings is 1. The first-order valence-electron chi connectivity index (χ1n) is 10.5. The molecule has 3 atom stereocenters. The molecule has 2 aliphatic rings. The zero-order valence-corrected chi connectivity index (χ0v) is 17.3. The molecule has 0 unspecified atom stereocenters. The Kier molecular flexibility index (Phi) is 4.58. The average Bonchev–Trinajstić information content (AvgIpc) is 3.28. The molecule has 30 heavy (non-hydrogen) atoms. The molecular formula is C22H27N7O. The summed E-state index contributed by atoms with van der Waals surface area (Å²) < 4.78 is 1.70. The lowest BCUT2D eigenvalue weighted by Crippen LogP contribution is -2.47. The highest BCUT2D eigenvalue weighted by Gasteiger charge is 2.35. The average molecular weight is 406 g/mol. The van der Waals surface area contributed by atoms with Gasteiger partial charge >= 0.3 is 0 Å². The summed E-state index contributed by atoms with van der Waals surface area (Å²) in [6, 6.07) is 11.0. The number of nitrogens with zero attached hydrogens (tertiary/aromatic N) is 5. The van der Waals surface area contributed by atoms with Crippen LogP contribution in [-0.2, 0) is 0 Å². The van der Waals surface area contributed by atoms with Gasteiger partial charge in [-0.2, -0.15) is 5.10 Å². The van der Waals surface area contributed by atoms with Crippen molar-refractivity contribution < 1.29 is 5.11 Å². The van der Waals surface area contributed by atoms with Crippen LogP contribution in [0.3, 0.4) is 0 Å². The fraction of sp³-hybridized carbons (Fsp3) is 0.409. The number of benzene rings is 1. The summed E-state index contributed by atoms with van der Waals surface area (Å²) in [5, 5.41) is 27.4. The second-order valence-corrected chi connectivity index (χ2v) is 8.45. The van der Waals surface area contributed by atoms with Crippen molar-refractivity contribution in [1.29, 1.82) is 0 Å². The topological polar surface area (TPSA) is 105 Å². The van der Waals surface area contributed by atoms with E-state index in [2.05, 4.69) is 32.6 Å². The van der Waals surface area contributed by atoms with Gasteiger partial charge < -0.3 is 21.1 Å². The minimum Gasteiger partial charge on any atom is -0.507 e. The Morgan fingerprint density at radius 3 is 2.50 bits per heavy atom. The number of aromatic nitrogens is 4. The Hall–Kier alpha value is -3.13. The summed E-state index contributed by atoms with van der Waals surface area (Å²) >= 11 is 0. The van der Waals surface area contributed by atoms with Gasteiger partial charge in [-0.3, -0.25) is 0 Å². The quantitative estimate of drug-likeness (QED) is 0.613. The molecule has 0 aliphatic carbocycles. The monoisotopic (exact) mass is 405 g/mol. The number of anilines is 2. The Labute approximate surface area is 175 Å². The van der Waals surface area contributed by atoms with Gasteiger partial charge in [0, 0.05) is 36.8 Å². The summed E-state index contributed by atoms with van der Waals surface area (Å²) in [5.74, 6) is 0.995. The molecular weight excluding hydrogens is 378 g/mol. The minimum absolute atomic E-state index is 0.131. The third-order valence-corrected chi connectivity index (χ3v) is 6.56. The molecule has 2 bridgehead atoms. The Morgan fingerprint density at radius 1 is 1.13 bits per heavy atom. The number of nitrogen functional groups attached to an aromatic ring is 1. The van der Waals surface area contributed by atoms with Crippen molar-refractivity contribution in [1.82, 2.24) is 25.3 Å². The number of aromatic hydroxyl groups is 1. The van der Waals surface area contributed by atoms with E-state index in [1.165, 1.54) is 12.8 Å². The molecule has 156 valence electrons. The van der Waals surface area contributed by atoms with E-state index in [1.54, 1.807) is 16.9 Å². The van der Waals surface area contributed by atoms with Gasteiger partial charge in [-0.05, 0) is 56.9 Å². The maximum absolute atomic E-state index is 10.6. The van der Waals surface area contributed by atoms with Crippen molar-refractivity contribution in [2.75, 3.05) is 17.7 Å². The van der Waals surface area contributed by atoms with Crippen LogP contribution >= 0.6 is 0 Å². The molecule has 8 nitrogen and oxygen atoms in total. The number of nitrogens with two attached hydrogens (primary N) is 1. The lowest BCUT2D eigenvalue weighted by atomic mass is 9.98. The highest BCUT2D eigenvalue weighted by atomic mass is 16.3. The highest BCUT2D eigenvalue weighted by molar-refractivity contribution is 5.69. The molecule has 4 N–H and O–H groups in total. The van der Waals surface area contributed by atoms with E-state index in [1.807, 2.05) is 31.2 Å². The summed E-state index contributed by atoms with van der Waals surface area (Å²) in [6.07, 6.45) is 6.46. The molecule has 2 saturated heterocycles. The molecule has 2 aromatic heterocycles. The van der Waals surface area contributed by atoms with E-state index in [-0.39, 0.29) is 5.75 Å². The smallest absolute Gasteiger partial charge is 0.151 e. The molecule has 5 rings (SSSR count). The van der Waals surface area contributed by atoms with Crippen LogP contribution in [0.2, 0.25) is 0 Å². The fourth-order valence-corrected chi connectivity index (χ4v) is 4.74. The Bertz CT molecular complexity index is 1050. The first-order valence-corrected chi connectivity index (χ1v) is 10.5. The van der Waals surface area contributed by atoms with Crippen molar-refractivity contribution in [2.45, 2.75) is 50.7 Å². The first kappa shape index (κ1) is 18.9. The Balaban J connectivity index is 1.36. The molecule has 0 saturated carbocycles. The van der Waals surface area contributed by atoms with Crippen LogP contribution in [0, 0.1) is 6.92 Å². The van der Waals surface area contributed by atoms with Crippen molar-refractivity contribution in [3.8, 4) is 22.7 Å². The number of phenols is 1. The number of phenolic OH excluding ortho intramolecular Hbond substituents is 1. The first-order chi connectivity index (χ1) is 14.5. The van der Waals surface area contributed by atoms with E-state index < -0.39 is 0 Å². The third kappa shape index (κ3) is 3.27. The van der Waals surface area contributed by atoms with Gasteiger partial charge in [0.2, 0.25) is 0 Å². The van der Waals surface area contributed by atoms with Crippen LogP contribution in [0.4, 0.5) is 11.5 Å². The highest BCUT2D eigenvalue weighted by Crippen LogP contribution is 2.33. The standard InChI is InChI=1S/C22H27N7O/c1-13-19(23)12-24-29(13)16-5-6-18(21(30)11-16)20-7-8-22(27-26-20)28(2)17-9-14-3-4-15(10-17)25-14/h5-8,11-12,14-15,17,25,30H,3-4,9-10,23H2,1-2H3/t14-,15+,17+. The lowest BCUT2D eigenvalue weighted by Gasteiger charge is -2.36. The summed E-state index contributed by atoms with van der Waals surface area (Å²) in [6.45, 7) is 1.89. The van der Waals surface area contributed by atoms with Crippen molar-refractivity contribution in [2.24, 2.45) is 0 Å². The molecule has 8 heteroatoms. The van der Waals surface area contributed by atoms with Crippen LogP contribution < -0.4 is 16.0 Å². The normalized spacial score (nSPS) is 22.9. The largest absolute Gasteiger partial charge is 0.507 e. The molecule has 0 amide bonds. The van der Waals surface area contributed by atoms with Crippen LogP contribution in [0.5, 0.6) is 5.75 Å². The number of nitrogens with one attached hydrogen (secondary N) is 1. The molecule has 0 spiro atoms. The van der Waals surface area contributed by atoms with Crippen molar-refractivity contribution in [3.05, 3.63) is 42.2 Å². The zero-order valence-electron chi connectivity index (χ0n) is 17.3. The van der Waals surface area contributed by atoms with Crippen molar-refractivity contribution in [3.63, 3.8) is 0 Å². The van der Waals surface area contributed by atoms with Gasteiger partial charge in [-0.1, -0.05) is 0 Å². The second kappa shape index (κ2) is 7.28. The molecule has 0 radical (unpaired) electrons. The van der Waals surface area contributed by atoms with Gasteiger partial charge in [0.05, 0.1) is 29.0 Å². The number of hydrogen-bond donors (Lipinski definition) is 3. The maximum atomic E-state index is 10.6. The fourth-order valence-electron chi connectivity index (χ4n) is 4.74. The molecule has 3 aromatic rings. The molecule has 2 fully saturated rings. The van der Waals surface area contributed by atoms with Crippen LogP contribution in [0.25, 0.3) is 16.9 Å². The van der Waals surface area contributed by atoms with E-state index in [9.17, 15) is 5.11 Å². The van der Waals surface area contributed by atoms with Crippen LogP contribution in [-0.4, -0.2) is 50.3 Å². The van der Waals surface area contributed by atoms with Crippen LogP contribution in [0.1, 0.15) is 31.4 Å². The maximum Gasteiger partial charge on any atom is 0.151 e. The summed E-state index contributed by atoms with van der Waals surface area (Å²) in [7, 11) is 2.10. The Morgan fingerprint density at radius 2 is 1.90 bits per heavy atom. The van der Waals surface area contributed by atoms with E-state index in [0.29, 0.717) is 35.1 Å². The van der Waals surface area contributed by atoms with Crippen molar-refractivity contribution >= 4 is 11.5 Å². The number of hydrogen-bond acceptors (Lipinski definition) is 7. The second-order valence-electron chi connectivity index (χ2n) is 8.45. The van der Waals surface area contributed by atoms with E-state index in [0.717, 1.165) is 30.0 Å². The van der Waals surface area contributed by atoms with E-state index in [4.69, 9.17) is 5.73 Å². The summed E-state index contributed by atoms with van der Waals surface area (Å²) in [4.78, 5) is 2.25. The van der Waals surface area contributed by atoms with Gasteiger partial charge in [-0.25, -0.2) is 4.68 Å². The molecule has 1 aromatic carbocycles. The lowest BCUT2D eigenvalue weighted by molar-refractivity contribution is 0.353. The minimum atomic E-state index is 0.131. The third-order valence-electron chi connectivity index (χ3n) is 6.56.